The van der Waals surface area contributed by atoms with Crippen molar-refractivity contribution in [1.82, 2.24) is 15.0 Å². The van der Waals surface area contributed by atoms with Crippen LogP contribution in [-0.4, -0.2) is 20.9 Å². The van der Waals surface area contributed by atoms with Crippen LogP contribution in [0.2, 0.25) is 0 Å². The largest absolute Gasteiger partial charge is 0.310 e. The molecule has 7 heteroatoms. The zero-order chi connectivity index (χ0) is 17.2. The number of carbonyl (C=O) groups is 1. The van der Waals surface area contributed by atoms with E-state index in [2.05, 4.69) is 20.3 Å². The lowest BCUT2D eigenvalue weighted by Gasteiger charge is -2.03. The first-order valence-electron chi connectivity index (χ1n) is 7.82. The van der Waals surface area contributed by atoms with Gasteiger partial charge in [-0.3, -0.25) is 9.59 Å². The van der Waals surface area contributed by atoms with Crippen LogP contribution in [0.3, 0.4) is 0 Å². The molecular weight excluding hydrogens is 336 g/mol. The number of carbonyl (C=O) groups excluding carboxylic acids is 1. The minimum Gasteiger partial charge on any atom is -0.310 e. The van der Waals surface area contributed by atoms with Crippen molar-refractivity contribution in [3.05, 3.63) is 64.7 Å². The average molecular weight is 350 g/mol. The first-order chi connectivity index (χ1) is 12.2. The summed E-state index contributed by atoms with van der Waals surface area (Å²) in [4.78, 5) is 35.7. The van der Waals surface area contributed by atoms with Crippen LogP contribution >= 0.6 is 11.3 Å². The lowest BCUT2D eigenvalue weighted by atomic mass is 10.2. The van der Waals surface area contributed by atoms with Crippen LogP contribution in [0.5, 0.6) is 0 Å². The van der Waals surface area contributed by atoms with Gasteiger partial charge in [0.15, 0.2) is 5.13 Å². The van der Waals surface area contributed by atoms with E-state index in [1.165, 1.54) is 11.3 Å². The maximum Gasteiger partial charge on any atom is 0.258 e. The highest BCUT2D eigenvalue weighted by Crippen LogP contribution is 2.25. The summed E-state index contributed by atoms with van der Waals surface area (Å²) in [7, 11) is 0. The van der Waals surface area contributed by atoms with Gasteiger partial charge in [0.2, 0.25) is 5.91 Å². The number of hydrogen-bond acceptors (Lipinski definition) is 5. The Morgan fingerprint density at radius 3 is 2.64 bits per heavy atom. The Balaban J connectivity index is 1.45. The molecule has 6 nitrogen and oxygen atoms in total. The standard InChI is InChI=1S/C18H14N4O2S/c23-16(22-18-20-13-7-3-4-8-14(13)25-18)10-9-15-19-12-6-2-1-5-11(12)17(24)21-15/h1-8H,9-10H2,(H,19,21,24)(H,20,22,23). The smallest absolute Gasteiger partial charge is 0.258 e. The Labute approximate surface area is 146 Å². The predicted molar refractivity (Wildman–Crippen MR) is 98.9 cm³/mol. The third-order valence-electron chi connectivity index (χ3n) is 3.79. The van der Waals surface area contributed by atoms with Gasteiger partial charge in [0, 0.05) is 12.8 Å². The minimum atomic E-state index is -0.188. The second-order valence-electron chi connectivity index (χ2n) is 5.56. The van der Waals surface area contributed by atoms with E-state index in [4.69, 9.17) is 0 Å². The molecule has 0 bridgehead atoms. The molecule has 0 aliphatic carbocycles. The number of aryl methyl sites for hydroxylation is 1. The van der Waals surface area contributed by atoms with Gasteiger partial charge in [-0.25, -0.2) is 9.97 Å². The topological polar surface area (TPSA) is 87.7 Å². The molecule has 25 heavy (non-hydrogen) atoms. The fourth-order valence-electron chi connectivity index (χ4n) is 2.59. The second kappa shape index (κ2) is 6.45. The average Bonchev–Trinajstić information content (AvgIpc) is 3.02. The highest BCUT2D eigenvalue weighted by molar-refractivity contribution is 7.22. The van der Waals surface area contributed by atoms with Crippen molar-refractivity contribution in [3.63, 3.8) is 0 Å². The molecule has 0 unspecified atom stereocenters. The van der Waals surface area contributed by atoms with Crippen molar-refractivity contribution in [2.24, 2.45) is 0 Å². The molecule has 4 rings (SSSR count). The summed E-state index contributed by atoms with van der Waals surface area (Å²) in [5.74, 6) is 0.345. The molecule has 4 aromatic rings. The number of fused-ring (bicyclic) bond motifs is 2. The number of hydrogen-bond donors (Lipinski definition) is 2. The van der Waals surface area contributed by atoms with E-state index in [1.807, 2.05) is 30.3 Å². The summed E-state index contributed by atoms with van der Waals surface area (Å²) < 4.78 is 1.03. The van der Waals surface area contributed by atoms with Gasteiger partial charge in [-0.15, -0.1) is 0 Å². The molecule has 0 saturated heterocycles. The zero-order valence-corrected chi connectivity index (χ0v) is 14.0. The van der Waals surface area contributed by atoms with Crippen LogP contribution < -0.4 is 10.9 Å². The Bertz CT molecular complexity index is 1100. The van der Waals surface area contributed by atoms with Crippen molar-refractivity contribution in [2.45, 2.75) is 12.8 Å². The molecule has 0 aliphatic heterocycles. The van der Waals surface area contributed by atoms with Gasteiger partial charge in [0.25, 0.3) is 5.56 Å². The van der Waals surface area contributed by atoms with Gasteiger partial charge in [0.1, 0.15) is 5.82 Å². The molecule has 2 heterocycles. The van der Waals surface area contributed by atoms with E-state index in [0.717, 1.165) is 10.2 Å². The number of amides is 1. The van der Waals surface area contributed by atoms with Crippen LogP contribution in [0, 0.1) is 0 Å². The molecular formula is C18H14N4O2S. The Hall–Kier alpha value is -3.06. The minimum absolute atomic E-state index is 0.158. The monoisotopic (exact) mass is 350 g/mol. The van der Waals surface area contributed by atoms with Crippen LogP contribution in [0.4, 0.5) is 5.13 Å². The first kappa shape index (κ1) is 15.5. The number of nitrogens with one attached hydrogen (secondary N) is 2. The number of rotatable bonds is 4. The number of benzene rings is 2. The van der Waals surface area contributed by atoms with E-state index in [-0.39, 0.29) is 17.9 Å². The SMILES string of the molecule is O=C(CCc1nc2ccccc2c(=O)[nH]1)Nc1nc2ccccc2s1. The van der Waals surface area contributed by atoms with Gasteiger partial charge in [-0.1, -0.05) is 35.6 Å². The lowest BCUT2D eigenvalue weighted by molar-refractivity contribution is -0.116. The van der Waals surface area contributed by atoms with Gasteiger partial charge < -0.3 is 10.3 Å². The van der Waals surface area contributed by atoms with Gasteiger partial charge >= 0.3 is 0 Å². The first-order valence-corrected chi connectivity index (χ1v) is 8.64. The van der Waals surface area contributed by atoms with Crippen molar-refractivity contribution in [2.75, 3.05) is 5.32 Å². The number of thiazole rings is 1. The van der Waals surface area contributed by atoms with Gasteiger partial charge in [0.05, 0.1) is 21.1 Å². The van der Waals surface area contributed by atoms with Crippen LogP contribution in [0.15, 0.2) is 53.3 Å². The molecule has 0 aliphatic rings. The number of aromatic amines is 1. The molecule has 0 saturated carbocycles. The third kappa shape index (κ3) is 3.27. The number of anilines is 1. The van der Waals surface area contributed by atoms with Crippen molar-refractivity contribution in [1.29, 1.82) is 0 Å². The number of aromatic nitrogens is 3. The summed E-state index contributed by atoms with van der Waals surface area (Å²) >= 11 is 1.44. The second-order valence-corrected chi connectivity index (χ2v) is 6.60. The van der Waals surface area contributed by atoms with Crippen LogP contribution in [0.1, 0.15) is 12.2 Å². The van der Waals surface area contributed by atoms with Gasteiger partial charge in [-0.05, 0) is 24.3 Å². The van der Waals surface area contributed by atoms with Crippen molar-refractivity contribution < 1.29 is 4.79 Å². The highest BCUT2D eigenvalue weighted by atomic mass is 32.1. The summed E-state index contributed by atoms with van der Waals surface area (Å²) in [6, 6.07) is 14.9. The van der Waals surface area contributed by atoms with E-state index < -0.39 is 0 Å². The van der Waals surface area contributed by atoms with E-state index in [9.17, 15) is 9.59 Å². The fourth-order valence-corrected chi connectivity index (χ4v) is 3.47. The molecule has 0 radical (unpaired) electrons. The van der Waals surface area contributed by atoms with E-state index >= 15 is 0 Å². The molecule has 0 atom stereocenters. The molecule has 124 valence electrons. The highest BCUT2D eigenvalue weighted by Gasteiger charge is 2.09. The molecule has 0 spiro atoms. The molecule has 1 amide bonds. The maximum atomic E-state index is 12.1. The summed E-state index contributed by atoms with van der Waals surface area (Å²) in [5, 5.41) is 3.92. The summed E-state index contributed by atoms with van der Waals surface area (Å²) in [6.45, 7) is 0. The van der Waals surface area contributed by atoms with E-state index in [1.54, 1.807) is 18.2 Å². The maximum absolute atomic E-state index is 12.1. The zero-order valence-electron chi connectivity index (χ0n) is 13.2. The molecule has 2 aromatic carbocycles. The Morgan fingerprint density at radius 1 is 1.04 bits per heavy atom. The third-order valence-corrected chi connectivity index (χ3v) is 4.74. The van der Waals surface area contributed by atoms with E-state index in [0.29, 0.717) is 28.3 Å². The van der Waals surface area contributed by atoms with Crippen molar-refractivity contribution >= 4 is 43.5 Å². The fraction of sp³-hybridized carbons (Fsp3) is 0.111. The summed E-state index contributed by atoms with van der Waals surface area (Å²) in [6.07, 6.45) is 0.577. The molecule has 2 aromatic heterocycles. The molecule has 2 N–H and O–H groups in total. The number of para-hydroxylation sites is 2. The molecule has 0 fully saturated rings. The van der Waals surface area contributed by atoms with Crippen molar-refractivity contribution in [3.8, 4) is 0 Å². The Kier molecular flexibility index (Phi) is 3.99. The normalized spacial score (nSPS) is 11.0. The summed E-state index contributed by atoms with van der Waals surface area (Å²) in [5.41, 5.74) is 1.31. The Morgan fingerprint density at radius 2 is 1.80 bits per heavy atom. The lowest BCUT2D eigenvalue weighted by Crippen LogP contribution is -2.16. The van der Waals surface area contributed by atoms with Crippen LogP contribution in [0.25, 0.3) is 21.1 Å². The number of nitrogens with zero attached hydrogens (tertiary/aromatic N) is 2. The number of H-pyrrole nitrogens is 1. The van der Waals surface area contributed by atoms with Crippen LogP contribution in [-0.2, 0) is 11.2 Å². The predicted octanol–water partition coefficient (Wildman–Crippen LogP) is 3.10. The quantitative estimate of drug-likeness (QED) is 0.592. The van der Waals surface area contributed by atoms with Gasteiger partial charge in [-0.2, -0.15) is 0 Å².